The molecule has 0 saturated heterocycles. The number of hydrogen-bond acceptors (Lipinski definition) is 4. The summed E-state index contributed by atoms with van der Waals surface area (Å²) in [6, 6.07) is 3.48. The fraction of sp³-hybridized carbons (Fsp3) is 0.316. The number of carbonyl (C=O) groups is 1. The number of aliphatic hydroxyl groups is 1. The first-order chi connectivity index (χ1) is 12.9. The molecule has 3 heterocycles. The summed E-state index contributed by atoms with van der Waals surface area (Å²) in [5.41, 5.74) is 1.14. The molecular formula is C19H16Cl2N4O2. The monoisotopic (exact) mass is 402 g/mol. The zero-order valence-electron chi connectivity index (χ0n) is 14.1. The topological polar surface area (TPSA) is 79.5 Å². The van der Waals surface area contributed by atoms with Gasteiger partial charge in [0.15, 0.2) is 0 Å². The molecule has 2 N–H and O–H groups in total. The van der Waals surface area contributed by atoms with Gasteiger partial charge in [0.2, 0.25) is 0 Å². The Kier molecular flexibility index (Phi) is 3.73. The Morgan fingerprint density at radius 1 is 1.15 bits per heavy atom. The third-order valence-electron chi connectivity index (χ3n) is 5.73. The quantitative estimate of drug-likeness (QED) is 0.705. The van der Waals surface area contributed by atoms with Gasteiger partial charge in [-0.3, -0.25) is 9.78 Å². The van der Waals surface area contributed by atoms with Crippen molar-refractivity contribution in [3.8, 4) is 0 Å². The maximum atomic E-state index is 12.4. The van der Waals surface area contributed by atoms with Crippen LogP contribution in [0.1, 0.15) is 28.8 Å². The van der Waals surface area contributed by atoms with Gasteiger partial charge < -0.3 is 14.8 Å². The van der Waals surface area contributed by atoms with Gasteiger partial charge in [0.25, 0.3) is 5.91 Å². The molecule has 0 radical (unpaired) electrons. The van der Waals surface area contributed by atoms with Crippen LogP contribution in [0.25, 0.3) is 5.52 Å². The number of halogens is 2. The first-order valence-corrected chi connectivity index (χ1v) is 9.46. The Labute approximate surface area is 165 Å². The van der Waals surface area contributed by atoms with Gasteiger partial charge in [-0.1, -0.05) is 23.2 Å². The van der Waals surface area contributed by atoms with Gasteiger partial charge in [-0.2, -0.15) is 0 Å². The smallest absolute Gasteiger partial charge is 0.253 e. The highest BCUT2D eigenvalue weighted by Crippen LogP contribution is 2.60. The number of amides is 1. The highest BCUT2D eigenvalue weighted by Gasteiger charge is 2.62. The number of carbonyl (C=O) groups excluding carboxylic acids is 1. The first kappa shape index (κ1) is 17.0. The van der Waals surface area contributed by atoms with Crippen molar-refractivity contribution in [2.75, 3.05) is 0 Å². The van der Waals surface area contributed by atoms with E-state index in [1.54, 1.807) is 24.8 Å². The van der Waals surface area contributed by atoms with Crippen LogP contribution in [0.5, 0.6) is 0 Å². The molecular weight excluding hydrogens is 387 g/mol. The highest BCUT2D eigenvalue weighted by molar-refractivity contribution is 6.31. The molecule has 6 nitrogen and oxygen atoms in total. The van der Waals surface area contributed by atoms with Crippen molar-refractivity contribution in [1.82, 2.24) is 19.7 Å². The number of pyridine rings is 2. The van der Waals surface area contributed by atoms with Crippen LogP contribution in [-0.2, 0) is 5.60 Å². The third kappa shape index (κ3) is 2.79. The molecule has 138 valence electrons. The Morgan fingerprint density at radius 2 is 1.93 bits per heavy atom. The molecule has 3 aromatic heterocycles. The van der Waals surface area contributed by atoms with E-state index in [-0.39, 0.29) is 23.8 Å². The predicted molar refractivity (Wildman–Crippen MR) is 101 cm³/mol. The zero-order valence-corrected chi connectivity index (χ0v) is 15.7. The van der Waals surface area contributed by atoms with Crippen LogP contribution in [0.4, 0.5) is 0 Å². The SMILES string of the molecule is O=C(N[C@H]1[C@@H]2C[C@](O)(c3cc(Cl)cn4cncc34)C[C@@H]21)c1cncc(Cl)c1. The molecule has 2 saturated carbocycles. The van der Waals surface area contributed by atoms with Crippen molar-refractivity contribution in [2.45, 2.75) is 24.5 Å². The molecule has 4 atom stereocenters. The van der Waals surface area contributed by atoms with Gasteiger partial charge in [0.05, 0.1) is 39.3 Å². The molecule has 3 aromatic rings. The van der Waals surface area contributed by atoms with Crippen molar-refractivity contribution < 1.29 is 9.90 Å². The molecule has 0 aromatic carbocycles. The third-order valence-corrected chi connectivity index (χ3v) is 6.14. The molecule has 0 aliphatic heterocycles. The van der Waals surface area contributed by atoms with Crippen molar-refractivity contribution in [3.05, 3.63) is 64.4 Å². The van der Waals surface area contributed by atoms with Crippen molar-refractivity contribution in [2.24, 2.45) is 11.8 Å². The minimum absolute atomic E-state index is 0.0665. The summed E-state index contributed by atoms with van der Waals surface area (Å²) < 4.78 is 1.82. The average molecular weight is 403 g/mol. The van der Waals surface area contributed by atoms with E-state index >= 15 is 0 Å². The van der Waals surface area contributed by atoms with Gasteiger partial charge in [-0.05, 0) is 36.8 Å². The van der Waals surface area contributed by atoms with Crippen molar-refractivity contribution >= 4 is 34.6 Å². The predicted octanol–water partition coefficient (Wildman–Crippen LogP) is 3.06. The van der Waals surface area contributed by atoms with Crippen LogP contribution >= 0.6 is 23.2 Å². The number of nitrogens with zero attached hydrogens (tertiary/aromatic N) is 3. The van der Waals surface area contributed by atoms with E-state index in [0.29, 0.717) is 28.5 Å². The molecule has 2 aliphatic rings. The summed E-state index contributed by atoms with van der Waals surface area (Å²) >= 11 is 12.1. The Balaban J connectivity index is 1.33. The lowest BCUT2D eigenvalue weighted by Crippen LogP contribution is -2.33. The van der Waals surface area contributed by atoms with Crippen LogP contribution in [0.3, 0.4) is 0 Å². The molecule has 0 spiro atoms. The van der Waals surface area contributed by atoms with Gasteiger partial charge >= 0.3 is 0 Å². The number of aromatic nitrogens is 3. The molecule has 5 rings (SSSR count). The normalized spacial score (nSPS) is 28.9. The van der Waals surface area contributed by atoms with Crippen LogP contribution in [0, 0.1) is 11.8 Å². The Hall–Kier alpha value is -2.15. The summed E-state index contributed by atoms with van der Waals surface area (Å²) in [6.07, 6.45) is 9.33. The lowest BCUT2D eigenvalue weighted by molar-refractivity contribution is 0.0289. The van der Waals surface area contributed by atoms with Crippen LogP contribution < -0.4 is 5.32 Å². The van der Waals surface area contributed by atoms with Gasteiger partial charge in [0, 0.05) is 30.2 Å². The maximum absolute atomic E-state index is 12.4. The second-order valence-electron chi connectivity index (χ2n) is 7.42. The van der Waals surface area contributed by atoms with Gasteiger partial charge in [-0.15, -0.1) is 0 Å². The van der Waals surface area contributed by atoms with E-state index in [1.807, 2.05) is 10.5 Å². The number of hydrogen-bond donors (Lipinski definition) is 2. The van der Waals surface area contributed by atoms with Crippen LogP contribution in [0.2, 0.25) is 10.0 Å². The second-order valence-corrected chi connectivity index (χ2v) is 8.29. The van der Waals surface area contributed by atoms with Crippen LogP contribution in [0.15, 0.2) is 43.2 Å². The van der Waals surface area contributed by atoms with Gasteiger partial charge in [-0.25, -0.2) is 4.98 Å². The summed E-state index contributed by atoms with van der Waals surface area (Å²) in [5, 5.41) is 15.3. The van der Waals surface area contributed by atoms with E-state index in [9.17, 15) is 9.90 Å². The fourth-order valence-corrected chi connectivity index (χ4v) is 4.83. The largest absolute Gasteiger partial charge is 0.385 e. The van der Waals surface area contributed by atoms with Crippen molar-refractivity contribution in [3.63, 3.8) is 0 Å². The lowest BCUT2D eigenvalue weighted by Gasteiger charge is -2.27. The lowest BCUT2D eigenvalue weighted by atomic mass is 9.88. The molecule has 8 heteroatoms. The zero-order chi connectivity index (χ0) is 18.8. The standard InChI is InChI=1S/C19H16Cl2N4O2/c20-11-1-10(5-22-6-11)18(26)24-17-13-3-19(27,4-14(13)17)15-2-12(21)8-25-9-23-7-16(15)25/h1-2,5-9,13-14,17,27H,3-4H2,(H,24,26)/t13-,14+,17+,19-. The van der Waals surface area contributed by atoms with E-state index in [4.69, 9.17) is 23.2 Å². The number of nitrogens with one attached hydrogen (secondary N) is 1. The summed E-state index contributed by atoms with van der Waals surface area (Å²) in [4.78, 5) is 20.5. The van der Waals surface area contributed by atoms with E-state index < -0.39 is 5.60 Å². The summed E-state index contributed by atoms with van der Waals surface area (Å²) in [6.45, 7) is 0. The number of imidazole rings is 1. The van der Waals surface area contributed by atoms with E-state index in [1.165, 1.54) is 12.4 Å². The highest BCUT2D eigenvalue weighted by atomic mass is 35.5. The van der Waals surface area contributed by atoms with Gasteiger partial charge in [0.1, 0.15) is 0 Å². The molecule has 1 amide bonds. The fourth-order valence-electron chi connectivity index (χ4n) is 4.44. The molecule has 0 bridgehead atoms. The maximum Gasteiger partial charge on any atom is 0.253 e. The molecule has 27 heavy (non-hydrogen) atoms. The summed E-state index contributed by atoms with van der Waals surface area (Å²) in [7, 11) is 0. The average Bonchev–Trinajstić information content (AvgIpc) is 3.01. The van der Waals surface area contributed by atoms with E-state index in [0.717, 1.165) is 11.1 Å². The Morgan fingerprint density at radius 3 is 2.67 bits per heavy atom. The van der Waals surface area contributed by atoms with Crippen molar-refractivity contribution in [1.29, 1.82) is 0 Å². The van der Waals surface area contributed by atoms with Crippen LogP contribution in [-0.4, -0.2) is 31.4 Å². The number of fused-ring (bicyclic) bond motifs is 2. The van der Waals surface area contributed by atoms with E-state index in [2.05, 4.69) is 15.3 Å². The minimum atomic E-state index is -0.958. The Bertz CT molecular complexity index is 1050. The summed E-state index contributed by atoms with van der Waals surface area (Å²) in [5.74, 6) is 0.301. The second kappa shape index (κ2) is 5.92. The number of rotatable bonds is 3. The molecule has 2 aliphatic carbocycles. The molecule has 2 fully saturated rings. The first-order valence-electron chi connectivity index (χ1n) is 8.70. The molecule has 0 unspecified atom stereocenters. The minimum Gasteiger partial charge on any atom is -0.385 e.